The van der Waals surface area contributed by atoms with Gasteiger partial charge in [-0.15, -0.1) is 0 Å². The molecule has 0 saturated heterocycles. The maximum Gasteiger partial charge on any atom is 0.0718 e. The van der Waals surface area contributed by atoms with Crippen LogP contribution in [0.25, 0.3) is 21.5 Å². The van der Waals surface area contributed by atoms with Gasteiger partial charge in [-0.05, 0) is 44.8 Å². The van der Waals surface area contributed by atoms with Crippen LogP contribution >= 0.6 is 0 Å². The molecule has 0 aliphatic heterocycles. The third kappa shape index (κ3) is 4.10. The fourth-order valence-electron chi connectivity index (χ4n) is 3.16. The van der Waals surface area contributed by atoms with E-state index in [4.69, 9.17) is 9.47 Å². The van der Waals surface area contributed by atoms with Crippen molar-refractivity contribution in [1.29, 1.82) is 0 Å². The van der Waals surface area contributed by atoms with Crippen LogP contribution in [0.2, 0.25) is 0 Å². The molecule has 2 nitrogen and oxygen atoms in total. The lowest BCUT2D eigenvalue weighted by Crippen LogP contribution is -2.04. The first-order valence-electron chi connectivity index (χ1n) is 8.99. The van der Waals surface area contributed by atoms with E-state index in [1.807, 2.05) is 0 Å². The summed E-state index contributed by atoms with van der Waals surface area (Å²) in [4.78, 5) is 0. The molecule has 4 rings (SSSR count). The highest BCUT2D eigenvalue weighted by atomic mass is 16.5. The second kappa shape index (κ2) is 8.13. The Morgan fingerprint density at radius 3 is 1.35 bits per heavy atom. The Morgan fingerprint density at radius 1 is 0.462 bits per heavy atom. The van der Waals surface area contributed by atoms with E-state index in [9.17, 15) is 0 Å². The molecular formula is C24H22O2. The minimum absolute atomic E-state index is 0.598. The highest BCUT2D eigenvalue weighted by molar-refractivity contribution is 5.83. The first kappa shape index (κ1) is 16.8. The number of hydrogen-bond donors (Lipinski definition) is 0. The Balaban J connectivity index is 1.22. The van der Waals surface area contributed by atoms with Crippen molar-refractivity contribution in [2.24, 2.45) is 0 Å². The van der Waals surface area contributed by atoms with Crippen LogP contribution in [-0.4, -0.2) is 13.2 Å². The van der Waals surface area contributed by atoms with Gasteiger partial charge in [0.25, 0.3) is 0 Å². The van der Waals surface area contributed by atoms with Gasteiger partial charge in [-0.1, -0.05) is 72.8 Å². The molecule has 0 radical (unpaired) electrons. The molecular weight excluding hydrogens is 320 g/mol. The van der Waals surface area contributed by atoms with Gasteiger partial charge < -0.3 is 9.47 Å². The third-order valence-electron chi connectivity index (χ3n) is 4.54. The number of fused-ring (bicyclic) bond motifs is 2. The summed E-state index contributed by atoms with van der Waals surface area (Å²) in [6, 6.07) is 29.7. The number of benzene rings is 4. The molecule has 0 bridgehead atoms. The Labute approximate surface area is 154 Å². The largest absolute Gasteiger partial charge is 0.374 e. The number of rotatable bonds is 7. The molecule has 4 aromatic carbocycles. The molecule has 0 amide bonds. The smallest absolute Gasteiger partial charge is 0.0718 e. The predicted octanol–water partition coefficient (Wildman–Crippen LogP) is 5.73. The van der Waals surface area contributed by atoms with Gasteiger partial charge in [0.15, 0.2) is 0 Å². The Hall–Kier alpha value is -2.68. The van der Waals surface area contributed by atoms with Gasteiger partial charge in [-0.3, -0.25) is 0 Å². The third-order valence-corrected chi connectivity index (χ3v) is 4.54. The van der Waals surface area contributed by atoms with Gasteiger partial charge in [-0.25, -0.2) is 0 Å². The van der Waals surface area contributed by atoms with E-state index in [-0.39, 0.29) is 0 Å². The quantitative estimate of drug-likeness (QED) is 0.400. The first-order chi connectivity index (χ1) is 12.9. The summed E-state index contributed by atoms with van der Waals surface area (Å²) in [5.41, 5.74) is 2.39. The SMILES string of the molecule is c1ccc2cc(COCCOCc3ccc4ccccc4c3)ccc2c1. The Kier molecular flexibility index (Phi) is 5.25. The lowest BCUT2D eigenvalue weighted by Gasteiger charge is -2.08. The summed E-state index contributed by atoms with van der Waals surface area (Å²) in [5.74, 6) is 0. The monoisotopic (exact) mass is 342 g/mol. The van der Waals surface area contributed by atoms with E-state index in [2.05, 4.69) is 84.9 Å². The average Bonchev–Trinajstić information content (AvgIpc) is 2.70. The van der Waals surface area contributed by atoms with Crippen molar-refractivity contribution in [2.75, 3.05) is 13.2 Å². The van der Waals surface area contributed by atoms with Gasteiger partial charge in [0.2, 0.25) is 0 Å². The molecule has 130 valence electrons. The molecule has 0 N–H and O–H groups in total. The topological polar surface area (TPSA) is 18.5 Å². The van der Waals surface area contributed by atoms with Crippen LogP contribution < -0.4 is 0 Å². The molecule has 26 heavy (non-hydrogen) atoms. The van der Waals surface area contributed by atoms with Crippen molar-refractivity contribution in [1.82, 2.24) is 0 Å². The van der Waals surface area contributed by atoms with Gasteiger partial charge in [-0.2, -0.15) is 0 Å². The zero-order valence-electron chi connectivity index (χ0n) is 14.7. The Morgan fingerprint density at radius 2 is 0.885 bits per heavy atom. The normalized spacial score (nSPS) is 11.2. The summed E-state index contributed by atoms with van der Waals surface area (Å²) in [7, 11) is 0. The molecule has 4 aromatic rings. The van der Waals surface area contributed by atoms with Crippen LogP contribution in [0.1, 0.15) is 11.1 Å². The average molecular weight is 342 g/mol. The summed E-state index contributed by atoms with van der Waals surface area (Å²) >= 11 is 0. The molecule has 0 heterocycles. The van der Waals surface area contributed by atoms with E-state index in [1.165, 1.54) is 32.7 Å². The van der Waals surface area contributed by atoms with Crippen LogP contribution in [-0.2, 0) is 22.7 Å². The minimum atomic E-state index is 0.598. The van der Waals surface area contributed by atoms with Crippen LogP contribution in [0.5, 0.6) is 0 Å². The summed E-state index contributed by atoms with van der Waals surface area (Å²) < 4.78 is 11.5. The van der Waals surface area contributed by atoms with E-state index in [1.54, 1.807) is 0 Å². The van der Waals surface area contributed by atoms with Crippen LogP contribution in [0.3, 0.4) is 0 Å². The molecule has 0 unspecified atom stereocenters. The lowest BCUT2D eigenvalue weighted by atomic mass is 10.1. The van der Waals surface area contributed by atoms with Gasteiger partial charge >= 0.3 is 0 Å². The van der Waals surface area contributed by atoms with Gasteiger partial charge in [0.1, 0.15) is 0 Å². The molecule has 0 saturated carbocycles. The van der Waals surface area contributed by atoms with Crippen molar-refractivity contribution in [3.8, 4) is 0 Å². The van der Waals surface area contributed by atoms with Crippen LogP contribution in [0.4, 0.5) is 0 Å². The van der Waals surface area contributed by atoms with Crippen LogP contribution in [0, 0.1) is 0 Å². The maximum atomic E-state index is 5.75. The zero-order chi connectivity index (χ0) is 17.6. The van der Waals surface area contributed by atoms with Gasteiger partial charge in [0, 0.05) is 0 Å². The summed E-state index contributed by atoms with van der Waals surface area (Å²) in [6.45, 7) is 2.43. The zero-order valence-corrected chi connectivity index (χ0v) is 14.7. The second-order valence-electron chi connectivity index (χ2n) is 6.47. The van der Waals surface area contributed by atoms with Crippen LogP contribution in [0.15, 0.2) is 84.9 Å². The van der Waals surface area contributed by atoms with Crippen molar-refractivity contribution < 1.29 is 9.47 Å². The second-order valence-corrected chi connectivity index (χ2v) is 6.47. The van der Waals surface area contributed by atoms with Crippen molar-refractivity contribution in [3.05, 3.63) is 96.1 Å². The fourth-order valence-corrected chi connectivity index (χ4v) is 3.16. The Bertz CT molecular complexity index is 924. The molecule has 0 aliphatic rings. The van der Waals surface area contributed by atoms with E-state index < -0.39 is 0 Å². The molecule has 0 aliphatic carbocycles. The van der Waals surface area contributed by atoms with Crippen molar-refractivity contribution >= 4 is 21.5 Å². The summed E-state index contributed by atoms with van der Waals surface area (Å²) in [6.07, 6.45) is 0. The molecule has 0 atom stereocenters. The lowest BCUT2D eigenvalue weighted by molar-refractivity contribution is 0.0339. The summed E-state index contributed by atoms with van der Waals surface area (Å²) in [5, 5.41) is 5.02. The van der Waals surface area contributed by atoms with Gasteiger partial charge in [0.05, 0.1) is 26.4 Å². The van der Waals surface area contributed by atoms with E-state index >= 15 is 0 Å². The fraction of sp³-hybridized carbons (Fsp3) is 0.167. The van der Waals surface area contributed by atoms with E-state index in [0.717, 1.165) is 0 Å². The molecule has 0 spiro atoms. The molecule has 0 fully saturated rings. The minimum Gasteiger partial charge on any atom is -0.374 e. The molecule has 2 heteroatoms. The standard InChI is InChI=1S/C24H22O2/c1-3-7-23-15-19(9-11-21(23)5-1)17-25-13-14-26-18-20-10-12-22-6-2-4-8-24(22)16-20/h1-12,15-16H,13-14,17-18H2. The highest BCUT2D eigenvalue weighted by Crippen LogP contribution is 2.17. The highest BCUT2D eigenvalue weighted by Gasteiger charge is 1.99. The van der Waals surface area contributed by atoms with Crippen molar-refractivity contribution in [3.63, 3.8) is 0 Å². The van der Waals surface area contributed by atoms with Crippen molar-refractivity contribution in [2.45, 2.75) is 13.2 Å². The number of ether oxygens (including phenoxy) is 2. The maximum absolute atomic E-state index is 5.75. The first-order valence-corrected chi connectivity index (χ1v) is 8.99. The van der Waals surface area contributed by atoms with E-state index in [0.29, 0.717) is 26.4 Å². The molecule has 0 aromatic heterocycles. The predicted molar refractivity (Wildman–Crippen MR) is 107 cm³/mol. The number of hydrogen-bond acceptors (Lipinski definition) is 2.